The Bertz CT molecular complexity index is 314. The number of hydrogen-bond acceptors (Lipinski definition) is 3. The number of halogens is 3. The lowest BCUT2D eigenvalue weighted by atomic mass is 10.2. The molecule has 1 rings (SSSR count). The highest BCUT2D eigenvalue weighted by molar-refractivity contribution is 7.98. The maximum atomic E-state index is 12.7. The van der Waals surface area contributed by atoms with Gasteiger partial charge in [0.05, 0.1) is 0 Å². The lowest BCUT2D eigenvalue weighted by Crippen LogP contribution is -2.56. The number of rotatable bonds is 4. The van der Waals surface area contributed by atoms with Gasteiger partial charge in [0.2, 0.25) is 0 Å². The molecule has 118 valence electrons. The zero-order chi connectivity index (χ0) is 15.2. The minimum atomic E-state index is -4.15. The summed E-state index contributed by atoms with van der Waals surface area (Å²) in [6.45, 7) is 3.99. The molecule has 0 aromatic heterocycles. The van der Waals surface area contributed by atoms with Gasteiger partial charge in [-0.3, -0.25) is 9.89 Å². The Kier molecular flexibility index (Phi) is 6.94. The van der Waals surface area contributed by atoms with Crippen LogP contribution in [-0.2, 0) is 0 Å². The lowest BCUT2D eigenvalue weighted by Gasteiger charge is -2.39. The van der Waals surface area contributed by atoms with Crippen LogP contribution >= 0.6 is 11.8 Å². The molecular formula is C12H23F3N4S. The number of aliphatic imine (C=N–C) groups is 1. The molecule has 4 nitrogen and oxygen atoms in total. The van der Waals surface area contributed by atoms with Crippen molar-refractivity contribution in [3.63, 3.8) is 0 Å². The van der Waals surface area contributed by atoms with Gasteiger partial charge in [-0.1, -0.05) is 0 Å². The van der Waals surface area contributed by atoms with Crippen LogP contribution in [0.5, 0.6) is 0 Å². The van der Waals surface area contributed by atoms with Crippen molar-refractivity contribution >= 4 is 17.7 Å². The number of nitrogens with one attached hydrogen (secondary N) is 1. The molecule has 0 aromatic carbocycles. The standard InChI is InChI=1S/C12H23F3N4S/c1-10(12(13,14)15)18-5-7-19(8-6-18)11(16-2)17-4-9-20-3/h10H,4-9H2,1-3H3,(H,16,17). The molecule has 1 saturated heterocycles. The van der Waals surface area contributed by atoms with E-state index in [1.54, 1.807) is 18.8 Å². The second-order valence-corrected chi connectivity index (χ2v) is 5.69. The molecular weight excluding hydrogens is 289 g/mol. The van der Waals surface area contributed by atoms with Gasteiger partial charge >= 0.3 is 6.18 Å². The van der Waals surface area contributed by atoms with E-state index in [2.05, 4.69) is 10.3 Å². The first-order valence-electron chi connectivity index (χ1n) is 6.65. The summed E-state index contributed by atoms with van der Waals surface area (Å²) in [7, 11) is 1.70. The fourth-order valence-electron chi connectivity index (χ4n) is 2.13. The number of guanidine groups is 1. The van der Waals surface area contributed by atoms with Crippen LogP contribution in [0, 0.1) is 0 Å². The molecule has 0 spiro atoms. The number of nitrogens with zero attached hydrogens (tertiary/aromatic N) is 3. The normalized spacial score (nSPS) is 20.1. The first-order chi connectivity index (χ1) is 9.40. The second-order valence-electron chi connectivity index (χ2n) is 4.71. The number of hydrogen-bond donors (Lipinski definition) is 1. The maximum Gasteiger partial charge on any atom is 0.403 e. The smallest absolute Gasteiger partial charge is 0.355 e. The molecule has 0 amide bonds. The molecule has 0 saturated carbocycles. The summed E-state index contributed by atoms with van der Waals surface area (Å²) in [4.78, 5) is 7.68. The molecule has 20 heavy (non-hydrogen) atoms. The van der Waals surface area contributed by atoms with Gasteiger partial charge in [0.1, 0.15) is 6.04 Å². The Hall–Kier alpha value is -0.630. The molecule has 1 atom stereocenters. The maximum absolute atomic E-state index is 12.7. The van der Waals surface area contributed by atoms with E-state index in [1.807, 2.05) is 11.2 Å². The van der Waals surface area contributed by atoms with E-state index in [0.717, 1.165) is 18.3 Å². The van der Waals surface area contributed by atoms with Gasteiger partial charge in [-0.2, -0.15) is 24.9 Å². The van der Waals surface area contributed by atoms with E-state index >= 15 is 0 Å². The first-order valence-corrected chi connectivity index (χ1v) is 8.04. The van der Waals surface area contributed by atoms with E-state index < -0.39 is 12.2 Å². The third kappa shape index (κ3) is 5.05. The molecule has 1 unspecified atom stereocenters. The Morgan fingerprint density at radius 3 is 2.35 bits per heavy atom. The van der Waals surface area contributed by atoms with Crippen LogP contribution in [0.15, 0.2) is 4.99 Å². The fourth-order valence-corrected chi connectivity index (χ4v) is 2.43. The van der Waals surface area contributed by atoms with Crippen LogP contribution in [0.4, 0.5) is 13.2 Å². The fraction of sp³-hybridized carbons (Fsp3) is 0.917. The molecule has 1 fully saturated rings. The highest BCUT2D eigenvalue weighted by atomic mass is 32.2. The Labute approximate surface area is 122 Å². The van der Waals surface area contributed by atoms with E-state index in [9.17, 15) is 13.2 Å². The Morgan fingerprint density at radius 2 is 1.90 bits per heavy atom. The summed E-state index contributed by atoms with van der Waals surface area (Å²) >= 11 is 1.74. The van der Waals surface area contributed by atoms with Gasteiger partial charge < -0.3 is 10.2 Å². The van der Waals surface area contributed by atoms with Crippen LogP contribution < -0.4 is 5.32 Å². The SMILES string of the molecule is CN=C(NCCSC)N1CCN(C(C)C(F)(F)F)CC1. The van der Waals surface area contributed by atoms with Crippen LogP contribution in [0.2, 0.25) is 0 Å². The molecule has 1 heterocycles. The molecule has 1 aliphatic rings. The predicted octanol–water partition coefficient (Wildman–Crippen LogP) is 1.49. The third-order valence-electron chi connectivity index (χ3n) is 3.44. The van der Waals surface area contributed by atoms with Gasteiger partial charge in [-0.05, 0) is 13.2 Å². The average molecular weight is 312 g/mol. The highest BCUT2D eigenvalue weighted by Crippen LogP contribution is 2.25. The minimum absolute atomic E-state index is 0.407. The number of thioether (sulfide) groups is 1. The first kappa shape index (κ1) is 17.4. The number of alkyl halides is 3. The van der Waals surface area contributed by atoms with E-state index in [1.165, 1.54) is 11.8 Å². The van der Waals surface area contributed by atoms with Crippen molar-refractivity contribution in [2.75, 3.05) is 51.8 Å². The van der Waals surface area contributed by atoms with Crippen molar-refractivity contribution in [2.45, 2.75) is 19.1 Å². The van der Waals surface area contributed by atoms with Gasteiger partial charge in [-0.25, -0.2) is 0 Å². The summed E-state index contributed by atoms with van der Waals surface area (Å²) in [6, 6.07) is -1.38. The van der Waals surface area contributed by atoms with Crippen LogP contribution in [-0.4, -0.2) is 79.8 Å². The monoisotopic (exact) mass is 312 g/mol. The molecule has 0 aliphatic carbocycles. The quantitative estimate of drug-likeness (QED) is 0.484. The molecule has 8 heteroatoms. The Balaban J connectivity index is 2.44. The summed E-state index contributed by atoms with van der Waals surface area (Å²) in [5.41, 5.74) is 0. The zero-order valence-corrected chi connectivity index (χ0v) is 13.0. The third-order valence-corrected chi connectivity index (χ3v) is 4.05. The minimum Gasteiger partial charge on any atom is -0.355 e. The van der Waals surface area contributed by atoms with E-state index in [4.69, 9.17) is 0 Å². The molecule has 1 aliphatic heterocycles. The van der Waals surface area contributed by atoms with Crippen molar-refractivity contribution in [2.24, 2.45) is 4.99 Å². The van der Waals surface area contributed by atoms with Gasteiger partial charge in [0, 0.05) is 45.5 Å². The topological polar surface area (TPSA) is 30.9 Å². The van der Waals surface area contributed by atoms with Gasteiger partial charge in [0.25, 0.3) is 0 Å². The molecule has 0 aromatic rings. The summed E-state index contributed by atoms with van der Waals surface area (Å²) in [6.07, 6.45) is -2.12. The highest BCUT2D eigenvalue weighted by Gasteiger charge is 2.40. The molecule has 0 radical (unpaired) electrons. The predicted molar refractivity (Wildman–Crippen MR) is 78.4 cm³/mol. The van der Waals surface area contributed by atoms with E-state index in [0.29, 0.717) is 26.2 Å². The van der Waals surface area contributed by atoms with E-state index in [-0.39, 0.29) is 0 Å². The molecule has 0 bridgehead atoms. The van der Waals surface area contributed by atoms with Gasteiger partial charge in [-0.15, -0.1) is 0 Å². The van der Waals surface area contributed by atoms with Crippen LogP contribution in [0.1, 0.15) is 6.92 Å². The van der Waals surface area contributed by atoms with Crippen molar-refractivity contribution in [1.82, 2.24) is 15.1 Å². The van der Waals surface area contributed by atoms with Crippen molar-refractivity contribution < 1.29 is 13.2 Å². The summed E-state index contributed by atoms with van der Waals surface area (Å²) in [5.74, 6) is 1.75. The van der Waals surface area contributed by atoms with Crippen LogP contribution in [0.3, 0.4) is 0 Å². The van der Waals surface area contributed by atoms with Crippen molar-refractivity contribution in [3.05, 3.63) is 0 Å². The largest absolute Gasteiger partial charge is 0.403 e. The zero-order valence-electron chi connectivity index (χ0n) is 12.2. The number of piperazine rings is 1. The average Bonchev–Trinajstić information content (AvgIpc) is 2.42. The summed E-state index contributed by atoms with van der Waals surface area (Å²) < 4.78 is 38.0. The lowest BCUT2D eigenvalue weighted by molar-refractivity contribution is -0.181. The van der Waals surface area contributed by atoms with Crippen LogP contribution in [0.25, 0.3) is 0 Å². The Morgan fingerprint density at radius 1 is 1.30 bits per heavy atom. The summed E-state index contributed by atoms with van der Waals surface area (Å²) in [5, 5.41) is 3.23. The second kappa shape index (κ2) is 7.97. The van der Waals surface area contributed by atoms with Crippen molar-refractivity contribution in [1.29, 1.82) is 0 Å². The van der Waals surface area contributed by atoms with Crippen molar-refractivity contribution in [3.8, 4) is 0 Å². The molecule has 1 N–H and O–H groups in total. The van der Waals surface area contributed by atoms with Gasteiger partial charge in [0.15, 0.2) is 5.96 Å².